The van der Waals surface area contributed by atoms with Gasteiger partial charge in [-0.2, -0.15) is 0 Å². The molecule has 1 N–H and O–H groups in total. The SMILES string of the molecule is O=C(Cc1ccc(Cl)c(Cl)c1)NCCCN1CCCC1=O. The molecule has 0 aliphatic carbocycles. The average Bonchev–Trinajstić information content (AvgIpc) is 2.85. The minimum atomic E-state index is -0.0545. The predicted molar refractivity (Wildman–Crippen MR) is 83.6 cm³/mol. The Morgan fingerprint density at radius 1 is 1.29 bits per heavy atom. The van der Waals surface area contributed by atoms with Crippen LogP contribution in [0.2, 0.25) is 10.0 Å². The van der Waals surface area contributed by atoms with Crippen LogP contribution in [0, 0.1) is 0 Å². The highest BCUT2D eigenvalue weighted by molar-refractivity contribution is 6.42. The number of nitrogens with zero attached hydrogens (tertiary/aromatic N) is 1. The van der Waals surface area contributed by atoms with E-state index in [0.717, 1.165) is 24.9 Å². The van der Waals surface area contributed by atoms with E-state index in [-0.39, 0.29) is 18.2 Å². The van der Waals surface area contributed by atoms with E-state index in [0.29, 0.717) is 29.6 Å². The molecule has 0 unspecified atom stereocenters. The van der Waals surface area contributed by atoms with Crippen molar-refractivity contribution in [2.45, 2.75) is 25.7 Å². The first-order valence-electron chi connectivity index (χ1n) is 7.04. The molecule has 1 aliphatic heterocycles. The molecule has 1 saturated heterocycles. The van der Waals surface area contributed by atoms with Gasteiger partial charge in [-0.15, -0.1) is 0 Å². The molecule has 0 spiro atoms. The number of hydrogen-bond donors (Lipinski definition) is 1. The lowest BCUT2D eigenvalue weighted by Crippen LogP contribution is -2.31. The summed E-state index contributed by atoms with van der Waals surface area (Å²) in [7, 11) is 0. The molecule has 1 aromatic carbocycles. The van der Waals surface area contributed by atoms with Gasteiger partial charge in [-0.1, -0.05) is 29.3 Å². The fraction of sp³-hybridized carbons (Fsp3) is 0.467. The summed E-state index contributed by atoms with van der Waals surface area (Å²) in [5, 5.41) is 3.79. The number of carbonyl (C=O) groups is 2. The molecule has 6 heteroatoms. The zero-order valence-electron chi connectivity index (χ0n) is 11.7. The van der Waals surface area contributed by atoms with Crippen LogP contribution in [0.4, 0.5) is 0 Å². The third-order valence-electron chi connectivity index (χ3n) is 3.45. The average molecular weight is 329 g/mol. The maximum absolute atomic E-state index is 11.8. The first-order chi connectivity index (χ1) is 10.1. The van der Waals surface area contributed by atoms with Crippen molar-refractivity contribution in [3.8, 4) is 0 Å². The maximum atomic E-state index is 11.8. The fourth-order valence-electron chi connectivity index (χ4n) is 2.34. The summed E-state index contributed by atoms with van der Waals surface area (Å²) in [6.45, 7) is 2.13. The second kappa shape index (κ2) is 7.66. The van der Waals surface area contributed by atoms with Crippen LogP contribution in [-0.4, -0.2) is 36.3 Å². The Morgan fingerprint density at radius 3 is 2.76 bits per heavy atom. The maximum Gasteiger partial charge on any atom is 0.224 e. The number of rotatable bonds is 6. The van der Waals surface area contributed by atoms with E-state index in [1.165, 1.54) is 0 Å². The predicted octanol–water partition coefficient (Wildman–Crippen LogP) is 2.66. The molecule has 1 aliphatic rings. The van der Waals surface area contributed by atoms with E-state index in [4.69, 9.17) is 23.2 Å². The highest BCUT2D eigenvalue weighted by Crippen LogP contribution is 2.22. The molecular weight excluding hydrogens is 311 g/mol. The zero-order chi connectivity index (χ0) is 15.2. The molecule has 4 nitrogen and oxygen atoms in total. The fourth-order valence-corrected chi connectivity index (χ4v) is 2.66. The highest BCUT2D eigenvalue weighted by atomic mass is 35.5. The standard InChI is InChI=1S/C15H18Cl2N2O2/c16-12-5-4-11(9-13(12)17)10-14(20)18-6-2-8-19-7-1-3-15(19)21/h4-5,9H,1-3,6-8,10H2,(H,18,20). The molecule has 0 saturated carbocycles. The summed E-state index contributed by atoms with van der Waals surface area (Å²) in [4.78, 5) is 25.1. The van der Waals surface area contributed by atoms with Crippen molar-refractivity contribution in [3.05, 3.63) is 33.8 Å². The van der Waals surface area contributed by atoms with Gasteiger partial charge in [-0.25, -0.2) is 0 Å². The van der Waals surface area contributed by atoms with Crippen LogP contribution in [0.15, 0.2) is 18.2 Å². The van der Waals surface area contributed by atoms with Gasteiger partial charge in [-0.05, 0) is 30.5 Å². The molecule has 21 heavy (non-hydrogen) atoms. The molecule has 0 atom stereocenters. The van der Waals surface area contributed by atoms with Crippen molar-refractivity contribution < 1.29 is 9.59 Å². The number of likely N-dealkylation sites (tertiary alicyclic amines) is 1. The summed E-state index contributed by atoms with van der Waals surface area (Å²) in [5.74, 6) is 0.165. The van der Waals surface area contributed by atoms with Gasteiger partial charge in [0.1, 0.15) is 0 Å². The monoisotopic (exact) mass is 328 g/mol. The van der Waals surface area contributed by atoms with Gasteiger partial charge in [0.15, 0.2) is 0 Å². The van der Waals surface area contributed by atoms with Crippen LogP contribution in [0.25, 0.3) is 0 Å². The Hall–Kier alpha value is -1.26. The molecule has 0 radical (unpaired) electrons. The molecule has 1 fully saturated rings. The molecule has 2 amide bonds. The van der Waals surface area contributed by atoms with Gasteiger partial charge >= 0.3 is 0 Å². The number of nitrogens with one attached hydrogen (secondary N) is 1. The first kappa shape index (κ1) is 16.1. The highest BCUT2D eigenvalue weighted by Gasteiger charge is 2.18. The van der Waals surface area contributed by atoms with E-state index < -0.39 is 0 Å². The van der Waals surface area contributed by atoms with Crippen LogP contribution < -0.4 is 5.32 Å². The van der Waals surface area contributed by atoms with Crippen LogP contribution in [0.3, 0.4) is 0 Å². The van der Waals surface area contributed by atoms with Crippen molar-refractivity contribution in [3.63, 3.8) is 0 Å². The molecule has 0 aromatic heterocycles. The smallest absolute Gasteiger partial charge is 0.224 e. The Morgan fingerprint density at radius 2 is 2.10 bits per heavy atom. The summed E-state index contributed by atoms with van der Waals surface area (Å²) in [5.41, 5.74) is 0.830. The van der Waals surface area contributed by atoms with Crippen molar-refractivity contribution in [1.82, 2.24) is 10.2 Å². The Labute approximate surface area is 134 Å². The first-order valence-corrected chi connectivity index (χ1v) is 7.80. The molecule has 1 heterocycles. The Kier molecular flexibility index (Phi) is 5.88. The van der Waals surface area contributed by atoms with Gasteiger partial charge in [-0.3, -0.25) is 9.59 Å². The Bertz CT molecular complexity index is 534. The zero-order valence-corrected chi connectivity index (χ0v) is 13.2. The lowest BCUT2D eigenvalue weighted by molar-refractivity contribution is -0.127. The lowest BCUT2D eigenvalue weighted by atomic mass is 10.1. The van der Waals surface area contributed by atoms with Crippen LogP contribution >= 0.6 is 23.2 Å². The van der Waals surface area contributed by atoms with Gasteiger partial charge in [0.25, 0.3) is 0 Å². The second-order valence-electron chi connectivity index (χ2n) is 5.11. The summed E-state index contributed by atoms with van der Waals surface area (Å²) < 4.78 is 0. The van der Waals surface area contributed by atoms with E-state index in [2.05, 4.69) is 5.32 Å². The van der Waals surface area contributed by atoms with E-state index in [9.17, 15) is 9.59 Å². The van der Waals surface area contributed by atoms with Gasteiger partial charge in [0.2, 0.25) is 11.8 Å². The van der Waals surface area contributed by atoms with Crippen molar-refractivity contribution in [2.75, 3.05) is 19.6 Å². The number of benzene rings is 1. The third kappa shape index (κ3) is 4.90. The number of hydrogen-bond acceptors (Lipinski definition) is 2. The van der Waals surface area contributed by atoms with Crippen molar-refractivity contribution in [1.29, 1.82) is 0 Å². The summed E-state index contributed by atoms with van der Waals surface area (Å²) in [6.07, 6.45) is 2.66. The third-order valence-corrected chi connectivity index (χ3v) is 4.19. The largest absolute Gasteiger partial charge is 0.356 e. The van der Waals surface area contributed by atoms with Gasteiger partial charge in [0, 0.05) is 26.1 Å². The van der Waals surface area contributed by atoms with E-state index in [1.54, 1.807) is 18.2 Å². The van der Waals surface area contributed by atoms with E-state index in [1.807, 2.05) is 4.90 Å². The lowest BCUT2D eigenvalue weighted by Gasteiger charge is -2.15. The molecule has 2 rings (SSSR count). The Balaban J connectivity index is 1.67. The quantitative estimate of drug-likeness (QED) is 0.816. The number of carbonyl (C=O) groups excluding carboxylic acids is 2. The minimum Gasteiger partial charge on any atom is -0.356 e. The van der Waals surface area contributed by atoms with Crippen molar-refractivity contribution >= 4 is 35.0 Å². The summed E-state index contributed by atoms with van der Waals surface area (Å²) >= 11 is 11.7. The van der Waals surface area contributed by atoms with Crippen LogP contribution in [0.5, 0.6) is 0 Å². The van der Waals surface area contributed by atoms with Crippen LogP contribution in [0.1, 0.15) is 24.8 Å². The summed E-state index contributed by atoms with van der Waals surface area (Å²) in [6, 6.07) is 5.18. The van der Waals surface area contributed by atoms with Gasteiger partial charge in [0.05, 0.1) is 16.5 Å². The van der Waals surface area contributed by atoms with Crippen LogP contribution in [-0.2, 0) is 16.0 Å². The molecule has 114 valence electrons. The second-order valence-corrected chi connectivity index (χ2v) is 5.93. The number of amides is 2. The van der Waals surface area contributed by atoms with Gasteiger partial charge < -0.3 is 10.2 Å². The normalized spacial score (nSPS) is 14.6. The topological polar surface area (TPSA) is 49.4 Å². The molecule has 1 aromatic rings. The minimum absolute atomic E-state index is 0.0545. The van der Waals surface area contributed by atoms with Crippen molar-refractivity contribution in [2.24, 2.45) is 0 Å². The molecular formula is C15H18Cl2N2O2. The molecule has 0 bridgehead atoms. The van der Waals surface area contributed by atoms with E-state index >= 15 is 0 Å². The number of halogens is 2.